The van der Waals surface area contributed by atoms with Crippen molar-refractivity contribution in [3.8, 4) is 0 Å². The van der Waals surface area contributed by atoms with E-state index in [0.717, 1.165) is 41.2 Å². The van der Waals surface area contributed by atoms with Gasteiger partial charge in [0.1, 0.15) is 5.82 Å². The Hall–Kier alpha value is -3.32. The number of rotatable bonds is 10. The van der Waals surface area contributed by atoms with Crippen molar-refractivity contribution in [1.29, 1.82) is 0 Å². The van der Waals surface area contributed by atoms with Crippen LogP contribution in [0.1, 0.15) is 59.5 Å². The van der Waals surface area contributed by atoms with E-state index >= 15 is 0 Å². The average molecular weight is 539 g/mol. The van der Waals surface area contributed by atoms with Crippen molar-refractivity contribution in [1.82, 2.24) is 9.55 Å². The topological polar surface area (TPSA) is 167 Å². The number of unbranched alkanes of at least 4 members (excludes halogenated alkanes) is 1. The minimum absolute atomic E-state index is 0. The zero-order valence-corrected chi connectivity index (χ0v) is 20.5. The van der Waals surface area contributed by atoms with Crippen LogP contribution in [-0.4, -0.2) is 49.2 Å². The molecule has 0 unspecified atom stereocenters. The van der Waals surface area contributed by atoms with Gasteiger partial charge in [-0.05, 0) is 41.6 Å². The van der Waals surface area contributed by atoms with Crippen LogP contribution in [0.5, 0.6) is 0 Å². The van der Waals surface area contributed by atoms with Crippen LogP contribution in [0.25, 0.3) is 6.08 Å². The number of aromatic nitrogens is 2. The predicted octanol–water partition coefficient (Wildman–Crippen LogP) is 4.73. The molecule has 3 aromatic rings. The van der Waals surface area contributed by atoms with Crippen LogP contribution in [0, 0.1) is 0 Å². The number of carboxylic acids is 2. The Morgan fingerprint density at radius 1 is 1.11 bits per heavy atom. The molecule has 0 bridgehead atoms. The second-order valence-corrected chi connectivity index (χ2v) is 9.40. The zero-order valence-electron chi connectivity index (χ0n) is 18.9. The first-order valence-electron chi connectivity index (χ1n) is 10.5. The normalized spacial score (nSPS) is 11.2. The van der Waals surface area contributed by atoms with Crippen molar-refractivity contribution in [2.24, 2.45) is 0 Å². The fourth-order valence-electron chi connectivity index (χ4n) is 3.16. The summed E-state index contributed by atoms with van der Waals surface area (Å²) in [5.74, 6) is -1.01. The number of aliphatic carboxylic acids is 1. The van der Waals surface area contributed by atoms with Crippen molar-refractivity contribution in [2.75, 3.05) is 0 Å². The number of hydrogen-bond donors (Lipinski definition) is 4. The number of carbonyl (C=O) groups is 2. The van der Waals surface area contributed by atoms with E-state index < -0.39 is 22.3 Å². The van der Waals surface area contributed by atoms with E-state index in [-0.39, 0.29) is 13.0 Å². The molecule has 0 spiro atoms. The van der Waals surface area contributed by atoms with Gasteiger partial charge >= 0.3 is 22.3 Å². The third-order valence-corrected chi connectivity index (χ3v) is 5.68. The van der Waals surface area contributed by atoms with Crippen molar-refractivity contribution in [3.05, 3.63) is 81.1 Å². The van der Waals surface area contributed by atoms with Crippen LogP contribution >= 0.6 is 11.3 Å². The van der Waals surface area contributed by atoms with Gasteiger partial charge in [0.2, 0.25) is 0 Å². The van der Waals surface area contributed by atoms with Gasteiger partial charge in [0, 0.05) is 29.8 Å². The number of nitrogens with zero attached hydrogens (tertiary/aromatic N) is 2. The quantitative estimate of drug-likeness (QED) is 0.211. The molecule has 196 valence electrons. The minimum atomic E-state index is -4.67. The smallest absolute Gasteiger partial charge is 0.394 e. The van der Waals surface area contributed by atoms with Crippen molar-refractivity contribution in [3.63, 3.8) is 0 Å². The van der Waals surface area contributed by atoms with Crippen LogP contribution in [0.4, 0.5) is 0 Å². The first kappa shape index (κ1) is 30.7. The number of aromatic carboxylic acids is 1. The van der Waals surface area contributed by atoms with Gasteiger partial charge in [-0.1, -0.05) is 39.0 Å². The summed E-state index contributed by atoms with van der Waals surface area (Å²) in [6.07, 6.45) is 6.58. The van der Waals surface area contributed by atoms with Crippen molar-refractivity contribution < 1.29 is 37.3 Å². The Bertz CT molecular complexity index is 1250. The fourth-order valence-corrected chi connectivity index (χ4v) is 3.89. The number of hydrogen-bond acceptors (Lipinski definition) is 6. The van der Waals surface area contributed by atoms with Crippen molar-refractivity contribution >= 4 is 39.8 Å². The molecule has 0 aliphatic carbocycles. The molecular formula is C24H30N2O8S2. The molecule has 1 aromatic carbocycles. The van der Waals surface area contributed by atoms with Gasteiger partial charge in [-0.15, -0.1) is 11.3 Å². The molecule has 10 nitrogen and oxygen atoms in total. The lowest BCUT2D eigenvalue weighted by Gasteiger charge is -2.12. The zero-order chi connectivity index (χ0) is 26.0. The lowest BCUT2D eigenvalue weighted by atomic mass is 10.1. The van der Waals surface area contributed by atoms with E-state index in [1.54, 1.807) is 36.5 Å². The highest BCUT2D eigenvalue weighted by atomic mass is 32.3. The van der Waals surface area contributed by atoms with E-state index in [9.17, 15) is 14.7 Å². The molecule has 3 rings (SSSR count). The summed E-state index contributed by atoms with van der Waals surface area (Å²) in [6, 6.07) is 10.6. The van der Waals surface area contributed by atoms with Crippen LogP contribution in [0.3, 0.4) is 0 Å². The second-order valence-electron chi connectivity index (χ2n) is 7.47. The summed E-state index contributed by atoms with van der Waals surface area (Å²) in [7, 11) is -4.67. The van der Waals surface area contributed by atoms with Gasteiger partial charge in [-0.2, -0.15) is 8.42 Å². The lowest BCUT2D eigenvalue weighted by Crippen LogP contribution is -2.09. The van der Waals surface area contributed by atoms with E-state index in [2.05, 4.69) is 11.9 Å². The Labute approximate surface area is 214 Å². The van der Waals surface area contributed by atoms with Gasteiger partial charge in [-0.3, -0.25) is 9.11 Å². The third-order valence-electron chi connectivity index (χ3n) is 4.81. The molecule has 2 aromatic heterocycles. The molecule has 0 saturated carbocycles. The monoisotopic (exact) mass is 538 g/mol. The molecule has 0 saturated heterocycles. The summed E-state index contributed by atoms with van der Waals surface area (Å²) >= 11 is 1.53. The SMILES string of the molecule is C.CCCCc1ncc(C=C(Cc2cccs2)C(=O)O)n1Cc1ccc(C(=O)O)cc1.O=S(=O)(O)O. The number of benzene rings is 1. The van der Waals surface area contributed by atoms with E-state index in [1.165, 1.54) is 11.3 Å². The maximum Gasteiger partial charge on any atom is 0.394 e. The standard InChI is InChI=1S/C23H24N2O4S.CH4.H2O4S/c1-2-3-6-21-24-14-19(12-18(23(28)29)13-20-5-4-11-30-20)25(21)15-16-7-9-17(10-8-16)22(26)27;;1-5(2,3)4/h4-5,7-12,14H,2-3,6,13,15H2,1H3,(H,26,27)(H,28,29);1H4;(H2,1,2,3,4). The molecule has 12 heteroatoms. The summed E-state index contributed by atoms with van der Waals surface area (Å²) in [4.78, 5) is 28.5. The molecule has 0 radical (unpaired) electrons. The summed E-state index contributed by atoms with van der Waals surface area (Å²) < 4.78 is 33.6. The van der Waals surface area contributed by atoms with Gasteiger partial charge < -0.3 is 14.8 Å². The van der Waals surface area contributed by atoms with E-state index in [1.807, 2.05) is 22.1 Å². The fraction of sp³-hybridized carbons (Fsp3) is 0.292. The Balaban J connectivity index is 0.000000983. The molecule has 0 fully saturated rings. The maximum absolute atomic E-state index is 11.8. The molecule has 0 amide bonds. The predicted molar refractivity (Wildman–Crippen MR) is 138 cm³/mol. The first-order valence-corrected chi connectivity index (χ1v) is 12.8. The van der Waals surface area contributed by atoms with Crippen LogP contribution in [0.15, 0.2) is 53.5 Å². The van der Waals surface area contributed by atoms with Crippen LogP contribution in [0.2, 0.25) is 0 Å². The molecule has 2 heterocycles. The molecular weight excluding hydrogens is 508 g/mol. The van der Waals surface area contributed by atoms with Gasteiger partial charge in [0.25, 0.3) is 0 Å². The molecule has 0 aliphatic rings. The highest BCUT2D eigenvalue weighted by Crippen LogP contribution is 2.20. The summed E-state index contributed by atoms with van der Waals surface area (Å²) in [5, 5.41) is 20.7. The summed E-state index contributed by atoms with van der Waals surface area (Å²) in [6.45, 7) is 2.61. The molecule has 36 heavy (non-hydrogen) atoms. The van der Waals surface area contributed by atoms with Crippen molar-refractivity contribution in [2.45, 2.75) is 46.6 Å². The minimum Gasteiger partial charge on any atom is -0.478 e. The summed E-state index contributed by atoms with van der Waals surface area (Å²) in [5.41, 5.74) is 2.21. The highest BCUT2D eigenvalue weighted by Gasteiger charge is 2.14. The van der Waals surface area contributed by atoms with Gasteiger partial charge in [0.15, 0.2) is 0 Å². The van der Waals surface area contributed by atoms with E-state index in [4.69, 9.17) is 22.6 Å². The highest BCUT2D eigenvalue weighted by molar-refractivity contribution is 7.79. The largest absolute Gasteiger partial charge is 0.478 e. The number of thiophene rings is 1. The van der Waals surface area contributed by atoms with Crippen LogP contribution in [-0.2, 0) is 34.6 Å². The molecule has 0 aliphatic heterocycles. The Kier molecular flexibility index (Phi) is 12.2. The molecule has 4 N–H and O–H groups in total. The Morgan fingerprint density at radius 3 is 2.25 bits per heavy atom. The van der Waals surface area contributed by atoms with E-state index in [0.29, 0.717) is 18.5 Å². The number of imidazole rings is 1. The average Bonchev–Trinajstić information content (AvgIpc) is 3.41. The van der Waals surface area contributed by atoms with Gasteiger partial charge in [0.05, 0.1) is 17.5 Å². The number of carboxylic acid groups (broad SMARTS) is 2. The Morgan fingerprint density at radius 2 is 1.75 bits per heavy atom. The maximum atomic E-state index is 11.8. The van der Waals surface area contributed by atoms with Gasteiger partial charge in [-0.25, -0.2) is 14.6 Å². The second kappa shape index (κ2) is 14.3. The third kappa shape index (κ3) is 10.5. The lowest BCUT2D eigenvalue weighted by molar-refractivity contribution is -0.132. The number of aryl methyl sites for hydroxylation is 1. The molecule has 0 atom stereocenters. The first-order chi connectivity index (χ1) is 16.5. The van der Waals surface area contributed by atoms with Crippen LogP contribution < -0.4 is 0 Å².